The number of halogens is 1. The van der Waals surface area contributed by atoms with Gasteiger partial charge in [-0.25, -0.2) is 9.37 Å². The minimum atomic E-state index is -0.220. The Labute approximate surface area is 149 Å². The lowest BCUT2D eigenvalue weighted by atomic mass is 10.1. The standard InChI is InChI=1S/C20H17FN2OS/c21-17-7-3-1-5-13(17)12-25-19-11-16(20(24)22-14-9-10-14)15-6-2-4-8-18(15)23-19/h1-8,11,14H,9-10,12H2,(H,22,24). The second-order valence-corrected chi connectivity index (χ2v) is 7.15. The van der Waals surface area contributed by atoms with Crippen LogP contribution in [0, 0.1) is 5.82 Å². The van der Waals surface area contributed by atoms with Crippen LogP contribution in [0.25, 0.3) is 10.9 Å². The Hall–Kier alpha value is -2.40. The molecule has 3 aromatic rings. The predicted molar refractivity (Wildman–Crippen MR) is 98.2 cm³/mol. The highest BCUT2D eigenvalue weighted by molar-refractivity contribution is 7.98. The molecule has 1 saturated carbocycles. The van der Waals surface area contributed by atoms with E-state index in [1.165, 1.54) is 17.8 Å². The van der Waals surface area contributed by atoms with Gasteiger partial charge >= 0.3 is 0 Å². The summed E-state index contributed by atoms with van der Waals surface area (Å²) in [5, 5.41) is 4.60. The number of pyridine rings is 1. The average molecular weight is 352 g/mol. The number of benzene rings is 2. The summed E-state index contributed by atoms with van der Waals surface area (Å²) in [6.45, 7) is 0. The van der Waals surface area contributed by atoms with Crippen LogP contribution in [0.5, 0.6) is 0 Å². The molecule has 0 bridgehead atoms. The van der Waals surface area contributed by atoms with E-state index in [-0.39, 0.29) is 11.7 Å². The van der Waals surface area contributed by atoms with Gasteiger partial charge in [0.2, 0.25) is 0 Å². The van der Waals surface area contributed by atoms with E-state index >= 15 is 0 Å². The summed E-state index contributed by atoms with van der Waals surface area (Å²) in [6.07, 6.45) is 2.09. The van der Waals surface area contributed by atoms with E-state index in [4.69, 9.17) is 0 Å². The number of para-hydroxylation sites is 1. The molecule has 1 fully saturated rings. The SMILES string of the molecule is O=C(NC1CC1)c1cc(SCc2ccccc2F)nc2ccccc12. The van der Waals surface area contributed by atoms with Gasteiger partial charge in [0, 0.05) is 17.2 Å². The number of thioether (sulfide) groups is 1. The molecule has 0 spiro atoms. The van der Waals surface area contributed by atoms with Crippen molar-refractivity contribution in [3.05, 3.63) is 71.5 Å². The molecule has 2 aromatic carbocycles. The fourth-order valence-corrected chi connectivity index (χ4v) is 3.57. The maximum absolute atomic E-state index is 13.8. The first-order valence-electron chi connectivity index (χ1n) is 8.27. The first-order valence-corrected chi connectivity index (χ1v) is 9.26. The van der Waals surface area contributed by atoms with E-state index in [2.05, 4.69) is 10.3 Å². The second-order valence-electron chi connectivity index (χ2n) is 6.15. The number of nitrogens with one attached hydrogen (secondary N) is 1. The zero-order valence-corrected chi connectivity index (χ0v) is 14.4. The minimum absolute atomic E-state index is 0.0613. The molecular weight excluding hydrogens is 335 g/mol. The molecule has 5 heteroatoms. The molecule has 0 aliphatic heterocycles. The number of hydrogen-bond donors (Lipinski definition) is 1. The van der Waals surface area contributed by atoms with E-state index in [0.717, 1.165) is 28.8 Å². The molecule has 1 aliphatic carbocycles. The van der Waals surface area contributed by atoms with E-state index < -0.39 is 0 Å². The molecule has 0 atom stereocenters. The number of nitrogens with zero attached hydrogens (tertiary/aromatic N) is 1. The topological polar surface area (TPSA) is 42.0 Å². The van der Waals surface area contributed by atoms with E-state index in [1.54, 1.807) is 12.1 Å². The summed E-state index contributed by atoms with van der Waals surface area (Å²) >= 11 is 1.44. The summed E-state index contributed by atoms with van der Waals surface area (Å²) in [7, 11) is 0. The fourth-order valence-electron chi connectivity index (χ4n) is 2.67. The number of carbonyl (C=O) groups excluding carboxylic acids is 1. The van der Waals surface area contributed by atoms with Crippen molar-refractivity contribution in [1.82, 2.24) is 10.3 Å². The molecule has 1 N–H and O–H groups in total. The van der Waals surface area contributed by atoms with Gasteiger partial charge in [0.1, 0.15) is 5.82 Å². The quantitative estimate of drug-likeness (QED) is 0.685. The molecule has 1 amide bonds. The van der Waals surface area contributed by atoms with Crippen molar-refractivity contribution in [3.63, 3.8) is 0 Å². The highest BCUT2D eigenvalue weighted by Gasteiger charge is 2.25. The van der Waals surface area contributed by atoms with Crippen LogP contribution >= 0.6 is 11.8 Å². The summed E-state index contributed by atoms with van der Waals surface area (Å²) in [6, 6.07) is 16.5. The number of hydrogen-bond acceptors (Lipinski definition) is 3. The van der Waals surface area contributed by atoms with Crippen LogP contribution in [0.4, 0.5) is 4.39 Å². The third kappa shape index (κ3) is 3.66. The van der Waals surface area contributed by atoms with Gasteiger partial charge in [-0.15, -0.1) is 11.8 Å². The van der Waals surface area contributed by atoms with Gasteiger partial charge < -0.3 is 5.32 Å². The van der Waals surface area contributed by atoms with Gasteiger partial charge in [-0.1, -0.05) is 36.4 Å². The third-order valence-corrected chi connectivity index (χ3v) is 5.14. The van der Waals surface area contributed by atoms with Crippen LogP contribution in [0.15, 0.2) is 59.6 Å². The van der Waals surface area contributed by atoms with Crippen molar-refractivity contribution < 1.29 is 9.18 Å². The Morgan fingerprint density at radius 3 is 2.72 bits per heavy atom. The van der Waals surface area contributed by atoms with Crippen LogP contribution < -0.4 is 5.32 Å². The van der Waals surface area contributed by atoms with E-state index in [0.29, 0.717) is 22.9 Å². The first kappa shape index (κ1) is 16.1. The smallest absolute Gasteiger partial charge is 0.252 e. The van der Waals surface area contributed by atoms with Crippen molar-refractivity contribution in [3.8, 4) is 0 Å². The Bertz CT molecular complexity index is 940. The summed E-state index contributed by atoms with van der Waals surface area (Å²) in [4.78, 5) is 17.2. The summed E-state index contributed by atoms with van der Waals surface area (Å²) in [5.41, 5.74) is 2.04. The molecule has 1 aromatic heterocycles. The van der Waals surface area contributed by atoms with Crippen LogP contribution in [0.1, 0.15) is 28.8 Å². The van der Waals surface area contributed by atoms with Crippen molar-refractivity contribution >= 4 is 28.6 Å². The predicted octanol–water partition coefficient (Wildman–Crippen LogP) is 4.56. The average Bonchev–Trinajstić information content (AvgIpc) is 3.44. The molecule has 4 rings (SSSR count). The number of rotatable bonds is 5. The molecule has 1 heterocycles. The second kappa shape index (κ2) is 6.84. The van der Waals surface area contributed by atoms with Crippen molar-refractivity contribution in [1.29, 1.82) is 0 Å². The van der Waals surface area contributed by atoms with Crippen molar-refractivity contribution in [2.75, 3.05) is 0 Å². The molecule has 25 heavy (non-hydrogen) atoms. The van der Waals surface area contributed by atoms with Crippen LogP contribution in [-0.4, -0.2) is 16.9 Å². The lowest BCUT2D eigenvalue weighted by Crippen LogP contribution is -2.25. The van der Waals surface area contributed by atoms with Gasteiger partial charge in [0.25, 0.3) is 5.91 Å². The highest BCUT2D eigenvalue weighted by atomic mass is 32.2. The van der Waals surface area contributed by atoms with Gasteiger partial charge in [-0.3, -0.25) is 4.79 Å². The molecule has 0 unspecified atom stereocenters. The number of aromatic nitrogens is 1. The van der Waals surface area contributed by atoms with Gasteiger partial charge in [-0.05, 0) is 36.6 Å². The monoisotopic (exact) mass is 352 g/mol. The van der Waals surface area contributed by atoms with Gasteiger partial charge in [0.15, 0.2) is 0 Å². The highest BCUT2D eigenvalue weighted by Crippen LogP contribution is 2.28. The van der Waals surface area contributed by atoms with Gasteiger partial charge in [0.05, 0.1) is 16.1 Å². The Balaban J connectivity index is 1.64. The molecule has 0 radical (unpaired) electrons. The lowest BCUT2D eigenvalue weighted by Gasteiger charge is -2.10. The van der Waals surface area contributed by atoms with Crippen LogP contribution in [0.3, 0.4) is 0 Å². The fraction of sp³-hybridized carbons (Fsp3) is 0.200. The molecule has 1 aliphatic rings. The zero-order valence-electron chi connectivity index (χ0n) is 13.5. The van der Waals surface area contributed by atoms with E-state index in [1.807, 2.05) is 36.4 Å². The van der Waals surface area contributed by atoms with Crippen LogP contribution in [-0.2, 0) is 5.75 Å². The maximum atomic E-state index is 13.8. The third-order valence-electron chi connectivity index (χ3n) is 4.18. The largest absolute Gasteiger partial charge is 0.349 e. The van der Waals surface area contributed by atoms with E-state index in [9.17, 15) is 9.18 Å². The molecule has 0 saturated heterocycles. The van der Waals surface area contributed by atoms with Crippen LogP contribution in [0.2, 0.25) is 0 Å². The molecule has 3 nitrogen and oxygen atoms in total. The molecular formula is C20H17FN2OS. The first-order chi connectivity index (χ1) is 12.2. The van der Waals surface area contributed by atoms with Crippen molar-refractivity contribution in [2.45, 2.75) is 29.7 Å². The maximum Gasteiger partial charge on any atom is 0.252 e. The molecule has 126 valence electrons. The lowest BCUT2D eigenvalue weighted by molar-refractivity contribution is 0.0952. The summed E-state index contributed by atoms with van der Waals surface area (Å²) < 4.78 is 13.8. The summed E-state index contributed by atoms with van der Waals surface area (Å²) in [5.74, 6) is 0.193. The van der Waals surface area contributed by atoms with Crippen molar-refractivity contribution in [2.24, 2.45) is 0 Å². The Morgan fingerprint density at radius 1 is 1.16 bits per heavy atom. The Morgan fingerprint density at radius 2 is 1.92 bits per heavy atom. The number of carbonyl (C=O) groups is 1. The Kier molecular flexibility index (Phi) is 4.40. The van der Waals surface area contributed by atoms with Gasteiger partial charge in [-0.2, -0.15) is 0 Å². The number of amides is 1. The zero-order chi connectivity index (χ0) is 17.2. The minimum Gasteiger partial charge on any atom is -0.349 e. The normalized spacial score (nSPS) is 13.8. The number of fused-ring (bicyclic) bond motifs is 1.